The zero-order valence-corrected chi connectivity index (χ0v) is 16.9. The second kappa shape index (κ2) is 7.34. The Balaban J connectivity index is 1.50. The topological polar surface area (TPSA) is 71.0 Å². The van der Waals surface area contributed by atoms with E-state index in [2.05, 4.69) is 10.1 Å². The number of aromatic nitrogens is 3. The standard InChI is InChI=1S/C21H16FN3O4S/c1-26-14-7-17(28-11-12-3-5-13(22)6-4-12)15-9-19(29-18(15)8-14)16-10-25-20(23-16)30-21(24-25)27-2/h3-10H,11H2,1-2H3. The maximum atomic E-state index is 13.1. The van der Waals surface area contributed by atoms with Crippen molar-refractivity contribution in [2.45, 2.75) is 6.61 Å². The average molecular weight is 425 g/mol. The molecule has 30 heavy (non-hydrogen) atoms. The highest BCUT2D eigenvalue weighted by atomic mass is 32.1. The molecule has 5 aromatic rings. The number of hydrogen-bond acceptors (Lipinski definition) is 7. The average Bonchev–Trinajstić information content (AvgIpc) is 3.45. The van der Waals surface area contributed by atoms with E-state index < -0.39 is 0 Å². The van der Waals surface area contributed by atoms with E-state index in [-0.39, 0.29) is 12.4 Å². The van der Waals surface area contributed by atoms with Gasteiger partial charge in [-0.05, 0) is 35.1 Å². The van der Waals surface area contributed by atoms with Crippen LogP contribution >= 0.6 is 11.3 Å². The van der Waals surface area contributed by atoms with Gasteiger partial charge in [0.05, 0.1) is 25.8 Å². The summed E-state index contributed by atoms with van der Waals surface area (Å²) in [5.41, 5.74) is 2.11. The fraction of sp³-hybridized carbons (Fsp3) is 0.143. The maximum absolute atomic E-state index is 13.1. The molecule has 0 atom stereocenters. The second-order valence-electron chi connectivity index (χ2n) is 6.49. The first-order valence-electron chi connectivity index (χ1n) is 9.02. The van der Waals surface area contributed by atoms with Crippen molar-refractivity contribution < 1.29 is 23.0 Å². The Morgan fingerprint density at radius 1 is 1.10 bits per heavy atom. The third-order valence-corrected chi connectivity index (χ3v) is 5.45. The molecule has 0 aliphatic heterocycles. The highest BCUT2D eigenvalue weighted by Crippen LogP contribution is 2.37. The molecule has 9 heteroatoms. The fourth-order valence-corrected chi connectivity index (χ4v) is 3.77. The molecule has 0 saturated carbocycles. The third-order valence-electron chi connectivity index (χ3n) is 4.57. The van der Waals surface area contributed by atoms with Crippen LogP contribution in [0.2, 0.25) is 0 Å². The molecule has 0 N–H and O–H groups in total. The molecule has 3 heterocycles. The van der Waals surface area contributed by atoms with Crippen molar-refractivity contribution in [1.82, 2.24) is 14.6 Å². The molecule has 5 rings (SSSR count). The predicted octanol–water partition coefficient (Wildman–Crippen LogP) is 4.94. The first kappa shape index (κ1) is 18.4. The predicted molar refractivity (Wildman–Crippen MR) is 110 cm³/mol. The molecule has 152 valence electrons. The van der Waals surface area contributed by atoms with Gasteiger partial charge in [-0.1, -0.05) is 12.1 Å². The second-order valence-corrected chi connectivity index (χ2v) is 7.41. The third kappa shape index (κ3) is 3.33. The number of imidazole rings is 1. The minimum absolute atomic E-state index is 0.283. The van der Waals surface area contributed by atoms with Gasteiger partial charge < -0.3 is 18.6 Å². The van der Waals surface area contributed by atoms with Crippen LogP contribution < -0.4 is 14.2 Å². The lowest BCUT2D eigenvalue weighted by molar-refractivity contribution is 0.307. The molecule has 0 fully saturated rings. The van der Waals surface area contributed by atoms with Crippen LogP contribution in [-0.2, 0) is 6.61 Å². The van der Waals surface area contributed by atoms with Crippen LogP contribution in [-0.4, -0.2) is 28.8 Å². The van der Waals surface area contributed by atoms with E-state index >= 15 is 0 Å². The Labute approximate surface area is 174 Å². The lowest BCUT2D eigenvalue weighted by Gasteiger charge is -2.09. The summed E-state index contributed by atoms with van der Waals surface area (Å²) in [7, 11) is 3.15. The lowest BCUT2D eigenvalue weighted by atomic mass is 10.2. The first-order chi connectivity index (χ1) is 14.6. The molecule has 0 unspecified atom stereocenters. The van der Waals surface area contributed by atoms with Crippen molar-refractivity contribution in [3.05, 3.63) is 60.0 Å². The molecule has 0 aliphatic carbocycles. The summed E-state index contributed by atoms with van der Waals surface area (Å²) < 4.78 is 37.3. The Kier molecular flexibility index (Phi) is 4.51. The molecule has 2 aromatic carbocycles. The number of ether oxygens (including phenoxy) is 3. The highest BCUT2D eigenvalue weighted by Gasteiger charge is 2.17. The summed E-state index contributed by atoms with van der Waals surface area (Å²) >= 11 is 1.34. The van der Waals surface area contributed by atoms with Gasteiger partial charge in [-0.2, -0.15) is 0 Å². The number of benzene rings is 2. The van der Waals surface area contributed by atoms with Gasteiger partial charge in [0.1, 0.15) is 35.2 Å². The number of fused-ring (bicyclic) bond motifs is 2. The summed E-state index contributed by atoms with van der Waals surface area (Å²) in [6.45, 7) is 0.285. The van der Waals surface area contributed by atoms with Crippen molar-refractivity contribution >= 4 is 27.3 Å². The Morgan fingerprint density at radius 2 is 1.93 bits per heavy atom. The molecule has 0 aliphatic rings. The van der Waals surface area contributed by atoms with Crippen molar-refractivity contribution in [1.29, 1.82) is 0 Å². The molecular weight excluding hydrogens is 409 g/mol. The van der Waals surface area contributed by atoms with Gasteiger partial charge in [0.2, 0.25) is 4.96 Å². The van der Waals surface area contributed by atoms with E-state index in [0.29, 0.717) is 38.7 Å². The van der Waals surface area contributed by atoms with E-state index in [9.17, 15) is 4.39 Å². The van der Waals surface area contributed by atoms with E-state index in [1.54, 1.807) is 49.2 Å². The Hall–Kier alpha value is -3.59. The number of nitrogens with zero attached hydrogens (tertiary/aromatic N) is 3. The molecule has 0 amide bonds. The van der Waals surface area contributed by atoms with Gasteiger partial charge in [-0.3, -0.25) is 0 Å². The quantitative estimate of drug-likeness (QED) is 0.384. The zero-order valence-electron chi connectivity index (χ0n) is 16.1. The van der Waals surface area contributed by atoms with Gasteiger partial charge in [-0.15, -0.1) is 5.10 Å². The molecule has 0 bridgehead atoms. The van der Waals surface area contributed by atoms with Gasteiger partial charge in [-0.25, -0.2) is 13.9 Å². The van der Waals surface area contributed by atoms with Crippen LogP contribution in [0.5, 0.6) is 16.7 Å². The van der Waals surface area contributed by atoms with Crippen LogP contribution in [0, 0.1) is 5.82 Å². The zero-order chi connectivity index (χ0) is 20.7. The van der Waals surface area contributed by atoms with E-state index in [1.165, 1.54) is 23.5 Å². The Morgan fingerprint density at radius 3 is 2.67 bits per heavy atom. The summed E-state index contributed by atoms with van der Waals surface area (Å²) in [5, 5.41) is 5.61. The normalized spacial score (nSPS) is 11.3. The van der Waals surface area contributed by atoms with Crippen molar-refractivity contribution in [2.75, 3.05) is 14.2 Å². The summed E-state index contributed by atoms with van der Waals surface area (Å²) in [4.78, 5) is 5.26. The van der Waals surface area contributed by atoms with Crippen LogP contribution in [0.25, 0.3) is 27.4 Å². The lowest BCUT2D eigenvalue weighted by Crippen LogP contribution is -1.96. The smallest absolute Gasteiger partial charge is 0.294 e. The molecule has 3 aromatic heterocycles. The molecule has 0 radical (unpaired) electrons. The van der Waals surface area contributed by atoms with E-state index in [1.807, 2.05) is 6.07 Å². The Bertz CT molecular complexity index is 1310. The van der Waals surface area contributed by atoms with Crippen molar-refractivity contribution in [3.63, 3.8) is 0 Å². The fourth-order valence-electron chi connectivity index (χ4n) is 3.07. The minimum Gasteiger partial charge on any atom is -0.496 e. The molecule has 7 nitrogen and oxygen atoms in total. The molecular formula is C21H16FN3O4S. The number of rotatable bonds is 6. The largest absolute Gasteiger partial charge is 0.496 e. The van der Waals surface area contributed by atoms with Gasteiger partial charge in [0, 0.05) is 12.1 Å². The minimum atomic E-state index is -0.283. The monoisotopic (exact) mass is 425 g/mol. The highest BCUT2D eigenvalue weighted by molar-refractivity contribution is 7.18. The van der Waals surface area contributed by atoms with Crippen LogP contribution in [0.15, 0.2) is 53.1 Å². The molecule has 0 spiro atoms. The SMILES string of the molecule is COc1cc(OCc2ccc(F)cc2)c2cc(-c3cn4nc(OC)sc4n3)oc2c1. The van der Waals surface area contributed by atoms with Gasteiger partial charge in [0.15, 0.2) is 5.76 Å². The number of furan rings is 1. The van der Waals surface area contributed by atoms with Gasteiger partial charge >= 0.3 is 0 Å². The van der Waals surface area contributed by atoms with E-state index in [0.717, 1.165) is 10.9 Å². The summed E-state index contributed by atoms with van der Waals surface area (Å²) in [6.07, 6.45) is 1.78. The van der Waals surface area contributed by atoms with Crippen LogP contribution in [0.4, 0.5) is 4.39 Å². The molecule has 0 saturated heterocycles. The van der Waals surface area contributed by atoms with Crippen LogP contribution in [0.3, 0.4) is 0 Å². The number of hydrogen-bond donors (Lipinski definition) is 0. The summed E-state index contributed by atoms with van der Waals surface area (Å²) in [5.74, 6) is 1.51. The number of methoxy groups -OCH3 is 2. The van der Waals surface area contributed by atoms with Gasteiger partial charge in [0.25, 0.3) is 5.19 Å². The maximum Gasteiger partial charge on any atom is 0.294 e. The van der Waals surface area contributed by atoms with Crippen LogP contribution in [0.1, 0.15) is 5.56 Å². The number of halogens is 1. The van der Waals surface area contributed by atoms with Crippen molar-refractivity contribution in [2.24, 2.45) is 0 Å². The first-order valence-corrected chi connectivity index (χ1v) is 9.84. The summed E-state index contributed by atoms with van der Waals surface area (Å²) in [6, 6.07) is 11.6. The van der Waals surface area contributed by atoms with E-state index in [4.69, 9.17) is 18.6 Å². The van der Waals surface area contributed by atoms with Crippen molar-refractivity contribution in [3.8, 4) is 28.1 Å².